The first-order chi connectivity index (χ1) is 12.7. The predicted molar refractivity (Wildman–Crippen MR) is 103 cm³/mol. The number of hydrogen-bond donors (Lipinski definition) is 1. The van der Waals surface area contributed by atoms with Gasteiger partial charge in [0.05, 0.1) is 0 Å². The monoisotopic (exact) mass is 347 g/mol. The highest BCUT2D eigenvalue weighted by Gasteiger charge is 2.45. The molecule has 1 saturated carbocycles. The fourth-order valence-corrected chi connectivity index (χ4v) is 4.63. The van der Waals surface area contributed by atoms with Crippen molar-refractivity contribution in [1.82, 2.24) is 0 Å². The SMILES string of the molecule is NCc1cc(OCc2ccccc2)ccc1[C@]12C=CC(=O)C[C@H]1CCC2. The Morgan fingerprint density at radius 2 is 2.00 bits per heavy atom. The van der Waals surface area contributed by atoms with Crippen LogP contribution in [0.1, 0.15) is 42.4 Å². The molecule has 0 aromatic heterocycles. The number of fused-ring (bicyclic) bond motifs is 1. The maximum atomic E-state index is 11.9. The molecule has 1 fully saturated rings. The maximum absolute atomic E-state index is 11.9. The molecule has 2 aromatic rings. The molecule has 2 aliphatic rings. The van der Waals surface area contributed by atoms with Crippen molar-refractivity contribution in [3.63, 3.8) is 0 Å². The summed E-state index contributed by atoms with van der Waals surface area (Å²) in [6, 6.07) is 16.4. The second kappa shape index (κ2) is 7.08. The zero-order valence-corrected chi connectivity index (χ0v) is 15.0. The van der Waals surface area contributed by atoms with Crippen LogP contribution in [0.3, 0.4) is 0 Å². The molecule has 2 N–H and O–H groups in total. The van der Waals surface area contributed by atoms with E-state index in [0.29, 0.717) is 25.5 Å². The quantitative estimate of drug-likeness (QED) is 0.878. The third-order valence-corrected chi connectivity index (χ3v) is 5.93. The molecule has 0 unspecified atom stereocenters. The summed E-state index contributed by atoms with van der Waals surface area (Å²) >= 11 is 0. The first kappa shape index (κ1) is 17.0. The first-order valence-corrected chi connectivity index (χ1v) is 9.43. The molecule has 0 spiro atoms. The van der Waals surface area contributed by atoms with Crippen molar-refractivity contribution >= 4 is 5.78 Å². The minimum absolute atomic E-state index is 0.0272. The van der Waals surface area contributed by atoms with Crippen LogP contribution in [0.25, 0.3) is 0 Å². The summed E-state index contributed by atoms with van der Waals surface area (Å²) < 4.78 is 5.98. The number of rotatable bonds is 5. The second-order valence-electron chi connectivity index (χ2n) is 7.43. The van der Waals surface area contributed by atoms with Gasteiger partial charge in [-0.3, -0.25) is 4.79 Å². The molecule has 2 atom stereocenters. The molecule has 134 valence electrons. The number of nitrogens with two attached hydrogens (primary N) is 1. The van der Waals surface area contributed by atoms with Crippen molar-refractivity contribution < 1.29 is 9.53 Å². The Bertz CT molecular complexity index is 827. The van der Waals surface area contributed by atoms with Crippen molar-refractivity contribution in [2.24, 2.45) is 11.7 Å². The van der Waals surface area contributed by atoms with Crippen molar-refractivity contribution in [1.29, 1.82) is 0 Å². The van der Waals surface area contributed by atoms with Gasteiger partial charge in [-0.05, 0) is 53.7 Å². The van der Waals surface area contributed by atoms with Crippen LogP contribution >= 0.6 is 0 Å². The Morgan fingerprint density at radius 1 is 1.15 bits per heavy atom. The van der Waals surface area contributed by atoms with Crippen LogP contribution in [0, 0.1) is 5.92 Å². The van der Waals surface area contributed by atoms with Crippen LogP contribution in [0.15, 0.2) is 60.7 Å². The van der Waals surface area contributed by atoms with Crippen LogP contribution in [0.2, 0.25) is 0 Å². The van der Waals surface area contributed by atoms with E-state index in [2.05, 4.69) is 30.3 Å². The average molecular weight is 347 g/mol. The highest BCUT2D eigenvalue weighted by molar-refractivity contribution is 5.91. The van der Waals surface area contributed by atoms with Gasteiger partial charge in [0.2, 0.25) is 0 Å². The fraction of sp³-hybridized carbons (Fsp3) is 0.348. The zero-order chi connectivity index (χ0) is 18.0. The van der Waals surface area contributed by atoms with Gasteiger partial charge in [-0.25, -0.2) is 0 Å². The summed E-state index contributed by atoms with van der Waals surface area (Å²) in [5.74, 6) is 1.51. The van der Waals surface area contributed by atoms with Gasteiger partial charge in [0.15, 0.2) is 5.78 Å². The Balaban J connectivity index is 1.61. The lowest BCUT2D eigenvalue weighted by Crippen LogP contribution is -2.34. The summed E-state index contributed by atoms with van der Waals surface area (Å²) in [6.45, 7) is 1.03. The topological polar surface area (TPSA) is 52.3 Å². The van der Waals surface area contributed by atoms with E-state index >= 15 is 0 Å². The highest BCUT2D eigenvalue weighted by atomic mass is 16.5. The van der Waals surface area contributed by atoms with E-state index in [1.165, 1.54) is 12.0 Å². The molecule has 0 radical (unpaired) electrons. The number of ether oxygens (including phenoxy) is 1. The molecule has 4 rings (SSSR count). The number of ketones is 1. The lowest BCUT2D eigenvalue weighted by molar-refractivity contribution is -0.116. The number of hydrogen-bond acceptors (Lipinski definition) is 3. The van der Waals surface area contributed by atoms with E-state index in [0.717, 1.165) is 29.7 Å². The molecule has 0 bridgehead atoms. The molecule has 3 heteroatoms. The smallest absolute Gasteiger partial charge is 0.155 e. The van der Waals surface area contributed by atoms with E-state index in [1.54, 1.807) is 6.08 Å². The predicted octanol–water partition coefficient (Wildman–Crippen LogP) is 4.29. The van der Waals surface area contributed by atoms with Crippen molar-refractivity contribution in [2.45, 2.75) is 44.2 Å². The summed E-state index contributed by atoms with van der Waals surface area (Å²) in [5.41, 5.74) is 9.62. The molecule has 3 nitrogen and oxygen atoms in total. The number of carbonyl (C=O) groups is 1. The van der Waals surface area contributed by atoms with Gasteiger partial charge in [-0.15, -0.1) is 0 Å². The van der Waals surface area contributed by atoms with E-state index < -0.39 is 0 Å². The van der Waals surface area contributed by atoms with Crippen molar-refractivity contribution in [2.75, 3.05) is 0 Å². The van der Waals surface area contributed by atoms with Gasteiger partial charge in [0.25, 0.3) is 0 Å². The second-order valence-corrected chi connectivity index (χ2v) is 7.43. The van der Waals surface area contributed by atoms with Crippen LogP contribution in [0.5, 0.6) is 5.75 Å². The van der Waals surface area contributed by atoms with Crippen molar-refractivity contribution in [3.05, 3.63) is 77.4 Å². The van der Waals surface area contributed by atoms with Gasteiger partial charge in [-0.2, -0.15) is 0 Å². The van der Waals surface area contributed by atoms with Gasteiger partial charge >= 0.3 is 0 Å². The summed E-state index contributed by atoms with van der Waals surface area (Å²) in [6.07, 6.45) is 7.97. The molecule has 2 aromatic carbocycles. The largest absolute Gasteiger partial charge is 0.489 e. The Hall–Kier alpha value is -2.39. The molecule has 0 saturated heterocycles. The summed E-state index contributed by atoms with van der Waals surface area (Å²) in [4.78, 5) is 11.9. The van der Waals surface area contributed by atoms with Crippen LogP contribution < -0.4 is 10.5 Å². The Kier molecular flexibility index (Phi) is 4.64. The standard InChI is InChI=1S/C23H25NO2/c24-15-18-13-21(26-16-17-5-2-1-3-6-17)8-9-22(18)23-11-4-7-19(23)14-20(25)10-12-23/h1-3,5-6,8-10,12-13,19H,4,7,11,14-16,24H2/t19-,23-/m1/s1. The molecular weight excluding hydrogens is 322 g/mol. The Morgan fingerprint density at radius 3 is 2.81 bits per heavy atom. The van der Waals surface area contributed by atoms with Gasteiger partial charge in [0.1, 0.15) is 12.4 Å². The minimum Gasteiger partial charge on any atom is -0.489 e. The van der Waals surface area contributed by atoms with Gasteiger partial charge in [-0.1, -0.05) is 48.9 Å². The fourth-order valence-electron chi connectivity index (χ4n) is 4.63. The molecule has 2 aliphatic carbocycles. The molecule has 0 amide bonds. The number of carbonyl (C=O) groups excluding carboxylic acids is 1. The van der Waals surface area contributed by atoms with Crippen LogP contribution in [0.4, 0.5) is 0 Å². The lowest BCUT2D eigenvalue weighted by Gasteiger charge is -2.37. The normalized spacial score (nSPS) is 24.5. The highest BCUT2D eigenvalue weighted by Crippen LogP contribution is 2.51. The van der Waals surface area contributed by atoms with E-state index in [9.17, 15) is 4.79 Å². The molecule has 0 aliphatic heterocycles. The summed E-state index contributed by atoms with van der Waals surface area (Å²) in [5, 5.41) is 0. The van der Waals surface area contributed by atoms with E-state index in [-0.39, 0.29) is 11.2 Å². The zero-order valence-electron chi connectivity index (χ0n) is 15.0. The van der Waals surface area contributed by atoms with E-state index in [4.69, 9.17) is 10.5 Å². The van der Waals surface area contributed by atoms with Crippen LogP contribution in [-0.4, -0.2) is 5.78 Å². The molecule has 26 heavy (non-hydrogen) atoms. The maximum Gasteiger partial charge on any atom is 0.155 e. The number of allylic oxidation sites excluding steroid dienone is 2. The van der Waals surface area contributed by atoms with Crippen LogP contribution in [-0.2, 0) is 23.4 Å². The van der Waals surface area contributed by atoms with Crippen molar-refractivity contribution in [3.8, 4) is 5.75 Å². The molecule has 0 heterocycles. The van der Waals surface area contributed by atoms with Gasteiger partial charge in [0, 0.05) is 18.4 Å². The van der Waals surface area contributed by atoms with E-state index in [1.807, 2.05) is 24.3 Å². The average Bonchev–Trinajstić information content (AvgIpc) is 3.11. The minimum atomic E-state index is -0.0272. The third kappa shape index (κ3) is 3.08. The first-order valence-electron chi connectivity index (χ1n) is 9.43. The lowest BCUT2D eigenvalue weighted by atomic mass is 9.66. The van der Waals surface area contributed by atoms with Gasteiger partial charge < -0.3 is 10.5 Å². The summed E-state index contributed by atoms with van der Waals surface area (Å²) in [7, 11) is 0. The number of benzene rings is 2. The Labute approximate surface area is 154 Å². The molecular formula is C23H25NO2. The third-order valence-electron chi connectivity index (χ3n) is 5.93.